The lowest BCUT2D eigenvalue weighted by molar-refractivity contribution is 0.414. The topological polar surface area (TPSA) is 53.1 Å². The van der Waals surface area contributed by atoms with Crippen molar-refractivity contribution < 1.29 is 4.74 Å². The van der Waals surface area contributed by atoms with E-state index in [4.69, 9.17) is 22.1 Å². The third-order valence-electron chi connectivity index (χ3n) is 3.24. The van der Waals surface area contributed by atoms with Gasteiger partial charge >= 0.3 is 0 Å². The molecule has 0 aliphatic rings. The largest absolute Gasteiger partial charge is 0.497 e. The Bertz CT molecular complexity index is 563. The SMILES string of the molecule is COc1ccc(C(N)Cc2c(C)nn(C)c2Cl)cc1. The lowest BCUT2D eigenvalue weighted by Gasteiger charge is -2.12. The number of benzene rings is 1. The molecule has 1 aromatic carbocycles. The fourth-order valence-electron chi connectivity index (χ4n) is 2.09. The van der Waals surface area contributed by atoms with Crippen LogP contribution in [0, 0.1) is 6.92 Å². The summed E-state index contributed by atoms with van der Waals surface area (Å²) in [6.07, 6.45) is 0.671. The summed E-state index contributed by atoms with van der Waals surface area (Å²) in [7, 11) is 3.48. The molecule has 0 radical (unpaired) electrons. The summed E-state index contributed by atoms with van der Waals surface area (Å²) in [5, 5.41) is 4.95. The van der Waals surface area contributed by atoms with Gasteiger partial charge in [0.1, 0.15) is 10.9 Å². The highest BCUT2D eigenvalue weighted by molar-refractivity contribution is 6.30. The number of nitrogens with zero attached hydrogens (tertiary/aromatic N) is 2. The number of aromatic nitrogens is 2. The molecule has 1 atom stereocenters. The van der Waals surface area contributed by atoms with E-state index in [0.29, 0.717) is 11.6 Å². The predicted octanol–water partition coefficient (Wildman–Crippen LogP) is 2.63. The fraction of sp³-hybridized carbons (Fsp3) is 0.357. The highest BCUT2D eigenvalue weighted by Crippen LogP contribution is 2.25. The summed E-state index contributed by atoms with van der Waals surface area (Å²) in [6, 6.07) is 7.66. The summed E-state index contributed by atoms with van der Waals surface area (Å²) < 4.78 is 6.81. The number of aryl methyl sites for hydroxylation is 2. The maximum atomic E-state index is 6.23. The smallest absolute Gasteiger partial charge is 0.130 e. The summed E-state index contributed by atoms with van der Waals surface area (Å²) in [5.74, 6) is 0.826. The molecule has 1 heterocycles. The van der Waals surface area contributed by atoms with Gasteiger partial charge in [0.25, 0.3) is 0 Å². The van der Waals surface area contributed by atoms with Crippen molar-refractivity contribution in [2.75, 3.05) is 7.11 Å². The van der Waals surface area contributed by atoms with E-state index in [1.54, 1.807) is 11.8 Å². The summed E-state index contributed by atoms with van der Waals surface area (Å²) in [5.41, 5.74) is 9.22. The van der Waals surface area contributed by atoms with Crippen LogP contribution in [0.15, 0.2) is 24.3 Å². The van der Waals surface area contributed by atoms with Crippen LogP contribution >= 0.6 is 11.6 Å². The zero-order chi connectivity index (χ0) is 14.0. The number of ether oxygens (including phenoxy) is 1. The van der Waals surface area contributed by atoms with Gasteiger partial charge in [-0.05, 0) is 31.0 Å². The molecule has 0 saturated carbocycles. The molecule has 5 heteroatoms. The quantitative estimate of drug-likeness (QED) is 0.936. The Kier molecular flexibility index (Phi) is 4.12. The Hall–Kier alpha value is -1.52. The second kappa shape index (κ2) is 5.63. The van der Waals surface area contributed by atoms with Crippen LogP contribution in [-0.4, -0.2) is 16.9 Å². The summed E-state index contributed by atoms with van der Waals surface area (Å²) >= 11 is 6.22. The van der Waals surface area contributed by atoms with Crippen molar-refractivity contribution in [3.05, 3.63) is 46.2 Å². The van der Waals surface area contributed by atoms with E-state index in [-0.39, 0.29) is 6.04 Å². The normalized spacial score (nSPS) is 12.5. The van der Waals surface area contributed by atoms with Crippen molar-refractivity contribution in [1.82, 2.24) is 9.78 Å². The molecule has 0 fully saturated rings. The number of hydrogen-bond acceptors (Lipinski definition) is 3. The molecule has 102 valence electrons. The second-order valence-corrected chi connectivity index (χ2v) is 4.92. The molecule has 1 unspecified atom stereocenters. The number of hydrogen-bond donors (Lipinski definition) is 1. The number of halogens is 1. The summed E-state index contributed by atoms with van der Waals surface area (Å²) in [6.45, 7) is 1.95. The monoisotopic (exact) mass is 279 g/mol. The molecule has 0 saturated heterocycles. The first-order valence-electron chi connectivity index (χ1n) is 6.10. The van der Waals surface area contributed by atoms with Gasteiger partial charge in [-0.15, -0.1) is 0 Å². The van der Waals surface area contributed by atoms with Crippen molar-refractivity contribution >= 4 is 11.6 Å². The van der Waals surface area contributed by atoms with E-state index in [2.05, 4.69) is 5.10 Å². The van der Waals surface area contributed by atoms with Crippen molar-refractivity contribution in [2.45, 2.75) is 19.4 Å². The lowest BCUT2D eigenvalue weighted by Crippen LogP contribution is -2.13. The van der Waals surface area contributed by atoms with Crippen LogP contribution in [0.2, 0.25) is 5.15 Å². The van der Waals surface area contributed by atoms with Crippen LogP contribution in [0.1, 0.15) is 22.9 Å². The van der Waals surface area contributed by atoms with Gasteiger partial charge in [0.2, 0.25) is 0 Å². The number of methoxy groups -OCH3 is 1. The molecule has 19 heavy (non-hydrogen) atoms. The van der Waals surface area contributed by atoms with Crippen molar-refractivity contribution in [1.29, 1.82) is 0 Å². The van der Waals surface area contributed by atoms with Crippen LogP contribution in [0.4, 0.5) is 0 Å². The molecule has 0 aliphatic carbocycles. The minimum atomic E-state index is -0.105. The highest BCUT2D eigenvalue weighted by Gasteiger charge is 2.15. The Morgan fingerprint density at radius 1 is 1.37 bits per heavy atom. The molecule has 0 bridgehead atoms. The number of rotatable bonds is 4. The van der Waals surface area contributed by atoms with Gasteiger partial charge in [-0.25, -0.2) is 0 Å². The van der Waals surface area contributed by atoms with Crippen LogP contribution in [0.3, 0.4) is 0 Å². The van der Waals surface area contributed by atoms with Gasteiger partial charge in [0, 0.05) is 18.7 Å². The average molecular weight is 280 g/mol. The van der Waals surface area contributed by atoms with Gasteiger partial charge in [-0.1, -0.05) is 23.7 Å². The van der Waals surface area contributed by atoms with Gasteiger partial charge in [-0.3, -0.25) is 4.68 Å². The van der Waals surface area contributed by atoms with Gasteiger partial charge in [0.15, 0.2) is 0 Å². The first-order valence-corrected chi connectivity index (χ1v) is 6.48. The van der Waals surface area contributed by atoms with Crippen LogP contribution in [0.5, 0.6) is 5.75 Å². The van der Waals surface area contributed by atoms with Crippen molar-refractivity contribution in [3.8, 4) is 5.75 Å². The van der Waals surface area contributed by atoms with E-state index in [1.165, 1.54) is 0 Å². The third-order valence-corrected chi connectivity index (χ3v) is 3.71. The molecule has 0 spiro atoms. The van der Waals surface area contributed by atoms with Gasteiger partial charge < -0.3 is 10.5 Å². The van der Waals surface area contributed by atoms with Gasteiger partial charge in [-0.2, -0.15) is 5.10 Å². The molecular weight excluding hydrogens is 262 g/mol. The van der Waals surface area contributed by atoms with Crippen LogP contribution in [-0.2, 0) is 13.5 Å². The van der Waals surface area contributed by atoms with E-state index in [1.807, 2.05) is 38.2 Å². The highest BCUT2D eigenvalue weighted by atomic mass is 35.5. The summed E-state index contributed by atoms with van der Waals surface area (Å²) in [4.78, 5) is 0. The van der Waals surface area contributed by atoms with Crippen molar-refractivity contribution in [2.24, 2.45) is 12.8 Å². The zero-order valence-corrected chi connectivity index (χ0v) is 12.1. The van der Waals surface area contributed by atoms with E-state index in [9.17, 15) is 0 Å². The Morgan fingerprint density at radius 2 is 2.00 bits per heavy atom. The Labute approximate surface area is 118 Å². The standard InChI is InChI=1S/C14H18ClN3O/c1-9-12(14(15)18(2)17-9)8-13(16)10-4-6-11(19-3)7-5-10/h4-7,13H,8,16H2,1-3H3. The first-order chi connectivity index (χ1) is 9.02. The molecule has 4 nitrogen and oxygen atoms in total. The third kappa shape index (κ3) is 2.91. The van der Waals surface area contributed by atoms with E-state index in [0.717, 1.165) is 22.6 Å². The number of nitrogens with two attached hydrogens (primary N) is 1. The minimum absolute atomic E-state index is 0.105. The molecular formula is C14H18ClN3O. The minimum Gasteiger partial charge on any atom is -0.497 e. The first kappa shape index (κ1) is 13.9. The molecule has 1 aromatic heterocycles. The molecule has 2 aromatic rings. The van der Waals surface area contributed by atoms with E-state index < -0.39 is 0 Å². The van der Waals surface area contributed by atoms with E-state index >= 15 is 0 Å². The molecule has 0 aliphatic heterocycles. The Morgan fingerprint density at radius 3 is 2.47 bits per heavy atom. The second-order valence-electron chi connectivity index (χ2n) is 4.56. The zero-order valence-electron chi connectivity index (χ0n) is 11.4. The van der Waals surface area contributed by atoms with Crippen LogP contribution in [0.25, 0.3) is 0 Å². The van der Waals surface area contributed by atoms with Crippen LogP contribution < -0.4 is 10.5 Å². The van der Waals surface area contributed by atoms with Crippen molar-refractivity contribution in [3.63, 3.8) is 0 Å². The molecule has 0 amide bonds. The van der Waals surface area contributed by atoms with Gasteiger partial charge in [0.05, 0.1) is 12.8 Å². The fourth-order valence-corrected chi connectivity index (χ4v) is 2.35. The lowest BCUT2D eigenvalue weighted by atomic mass is 10.0. The predicted molar refractivity (Wildman–Crippen MR) is 76.6 cm³/mol. The maximum absolute atomic E-state index is 6.23. The maximum Gasteiger partial charge on any atom is 0.130 e. The molecule has 2 rings (SSSR count). The Balaban J connectivity index is 2.17. The molecule has 2 N–H and O–H groups in total. The average Bonchev–Trinajstić information content (AvgIpc) is 2.65.